The summed E-state index contributed by atoms with van der Waals surface area (Å²) in [7, 11) is 0. The van der Waals surface area contributed by atoms with Gasteiger partial charge in [0.2, 0.25) is 5.91 Å². The molecule has 1 aromatic heterocycles. The number of anilines is 1. The largest absolute Gasteiger partial charge is 0.325 e. The number of benzene rings is 1. The fourth-order valence-electron chi connectivity index (χ4n) is 2.01. The lowest BCUT2D eigenvalue weighted by atomic mass is 10.1. The molecule has 1 amide bonds. The Morgan fingerprint density at radius 3 is 2.79 bits per heavy atom. The minimum Gasteiger partial charge on any atom is -0.325 e. The number of thiazole rings is 1. The molecular weight excluding hydrogens is 256 g/mol. The van der Waals surface area contributed by atoms with Gasteiger partial charge in [-0.3, -0.25) is 4.79 Å². The highest BCUT2D eigenvalue weighted by molar-refractivity contribution is 7.09. The van der Waals surface area contributed by atoms with Gasteiger partial charge < -0.3 is 5.32 Å². The standard InChI is InChI=1S/C15H18N2OS/c1-4-12-7-5-6-10(2)15(12)17-13(18)8-14-16-11(3)9-19-14/h5-7,9H,4,8H2,1-3H3,(H,17,18). The number of carbonyl (C=O) groups is 1. The van der Waals surface area contributed by atoms with Crippen molar-refractivity contribution in [1.82, 2.24) is 4.98 Å². The van der Waals surface area contributed by atoms with Crippen LogP contribution < -0.4 is 5.32 Å². The lowest BCUT2D eigenvalue weighted by Gasteiger charge is -2.12. The van der Waals surface area contributed by atoms with Crippen LogP contribution in [-0.4, -0.2) is 10.9 Å². The number of nitrogens with zero attached hydrogens (tertiary/aromatic N) is 1. The van der Waals surface area contributed by atoms with E-state index in [1.165, 1.54) is 16.9 Å². The number of nitrogens with one attached hydrogen (secondary N) is 1. The van der Waals surface area contributed by atoms with Crippen LogP contribution in [0.1, 0.15) is 28.8 Å². The van der Waals surface area contributed by atoms with Crippen molar-refractivity contribution in [2.45, 2.75) is 33.6 Å². The number of rotatable bonds is 4. The maximum Gasteiger partial charge on any atom is 0.231 e. The normalized spacial score (nSPS) is 10.5. The van der Waals surface area contributed by atoms with Gasteiger partial charge in [0.25, 0.3) is 0 Å². The maximum absolute atomic E-state index is 12.1. The Bertz CT molecular complexity index is 590. The van der Waals surface area contributed by atoms with Gasteiger partial charge >= 0.3 is 0 Å². The van der Waals surface area contributed by atoms with E-state index in [4.69, 9.17) is 0 Å². The van der Waals surface area contributed by atoms with Gasteiger partial charge in [-0.15, -0.1) is 11.3 Å². The van der Waals surface area contributed by atoms with Gasteiger partial charge in [-0.2, -0.15) is 0 Å². The van der Waals surface area contributed by atoms with E-state index < -0.39 is 0 Å². The zero-order chi connectivity index (χ0) is 13.8. The van der Waals surface area contributed by atoms with Crippen molar-refractivity contribution in [3.05, 3.63) is 45.4 Å². The van der Waals surface area contributed by atoms with Gasteiger partial charge in [0, 0.05) is 16.8 Å². The molecule has 0 aliphatic carbocycles. The number of aryl methyl sites for hydroxylation is 3. The molecule has 19 heavy (non-hydrogen) atoms. The van der Waals surface area contributed by atoms with Crippen LogP contribution in [0.5, 0.6) is 0 Å². The summed E-state index contributed by atoms with van der Waals surface area (Å²) in [6.45, 7) is 6.05. The molecule has 0 fully saturated rings. The second-order valence-electron chi connectivity index (χ2n) is 4.57. The van der Waals surface area contributed by atoms with Crippen LogP contribution >= 0.6 is 11.3 Å². The highest BCUT2D eigenvalue weighted by atomic mass is 32.1. The Labute approximate surface area is 117 Å². The molecule has 0 unspecified atom stereocenters. The average Bonchev–Trinajstić information content (AvgIpc) is 2.77. The van der Waals surface area contributed by atoms with Crippen LogP contribution in [0.3, 0.4) is 0 Å². The molecule has 2 aromatic rings. The van der Waals surface area contributed by atoms with Crippen LogP contribution in [-0.2, 0) is 17.6 Å². The molecular formula is C15H18N2OS. The number of aromatic nitrogens is 1. The predicted octanol–water partition coefficient (Wildman–Crippen LogP) is 3.50. The van der Waals surface area contributed by atoms with Gasteiger partial charge in [-0.25, -0.2) is 4.98 Å². The highest BCUT2D eigenvalue weighted by Crippen LogP contribution is 2.21. The Kier molecular flexibility index (Phi) is 4.32. The van der Waals surface area contributed by atoms with Crippen molar-refractivity contribution in [3.8, 4) is 0 Å². The molecule has 4 heteroatoms. The number of hydrogen-bond acceptors (Lipinski definition) is 3. The highest BCUT2D eigenvalue weighted by Gasteiger charge is 2.10. The van der Waals surface area contributed by atoms with Gasteiger partial charge in [-0.05, 0) is 31.4 Å². The first-order valence-electron chi connectivity index (χ1n) is 6.39. The summed E-state index contributed by atoms with van der Waals surface area (Å²) in [5.41, 5.74) is 4.19. The lowest BCUT2D eigenvalue weighted by molar-refractivity contribution is -0.115. The Hall–Kier alpha value is -1.68. The van der Waals surface area contributed by atoms with E-state index in [2.05, 4.69) is 23.3 Å². The van der Waals surface area contributed by atoms with Crippen LogP contribution in [0.25, 0.3) is 0 Å². The van der Waals surface area contributed by atoms with E-state index >= 15 is 0 Å². The van der Waals surface area contributed by atoms with Crippen molar-refractivity contribution in [1.29, 1.82) is 0 Å². The first-order chi connectivity index (χ1) is 9.10. The van der Waals surface area contributed by atoms with Gasteiger partial charge in [0.15, 0.2) is 0 Å². The monoisotopic (exact) mass is 274 g/mol. The maximum atomic E-state index is 12.1. The SMILES string of the molecule is CCc1cccc(C)c1NC(=O)Cc1nc(C)cs1. The van der Waals surface area contributed by atoms with E-state index in [0.717, 1.165) is 28.4 Å². The molecule has 1 heterocycles. The van der Waals surface area contributed by atoms with Crippen LogP contribution in [0.2, 0.25) is 0 Å². The molecule has 0 atom stereocenters. The third-order valence-corrected chi connectivity index (χ3v) is 3.95. The number of para-hydroxylation sites is 1. The lowest BCUT2D eigenvalue weighted by Crippen LogP contribution is -2.16. The van der Waals surface area contributed by atoms with E-state index in [0.29, 0.717) is 6.42 Å². The molecule has 100 valence electrons. The van der Waals surface area contributed by atoms with Crippen molar-refractivity contribution < 1.29 is 4.79 Å². The van der Waals surface area contributed by atoms with E-state index in [9.17, 15) is 4.79 Å². The second-order valence-corrected chi connectivity index (χ2v) is 5.51. The van der Waals surface area contributed by atoms with Gasteiger partial charge in [-0.1, -0.05) is 25.1 Å². The molecule has 0 spiro atoms. The van der Waals surface area contributed by atoms with Gasteiger partial charge in [0.05, 0.1) is 6.42 Å². The third kappa shape index (κ3) is 3.41. The van der Waals surface area contributed by atoms with Crippen molar-refractivity contribution in [3.63, 3.8) is 0 Å². The smallest absolute Gasteiger partial charge is 0.231 e. The zero-order valence-corrected chi connectivity index (χ0v) is 12.3. The summed E-state index contributed by atoms with van der Waals surface area (Å²) in [5, 5.41) is 5.84. The summed E-state index contributed by atoms with van der Waals surface area (Å²) in [5.74, 6) is -0.00153. The van der Waals surface area contributed by atoms with E-state index in [1.54, 1.807) is 0 Å². The molecule has 0 aliphatic rings. The fourth-order valence-corrected chi connectivity index (χ4v) is 2.78. The minimum atomic E-state index is -0.00153. The molecule has 1 N–H and O–H groups in total. The summed E-state index contributed by atoms with van der Waals surface area (Å²) in [6, 6.07) is 6.09. The Morgan fingerprint density at radius 2 is 2.16 bits per heavy atom. The number of hydrogen-bond donors (Lipinski definition) is 1. The second kappa shape index (κ2) is 5.97. The summed E-state index contributed by atoms with van der Waals surface area (Å²) in [6.07, 6.45) is 1.25. The van der Waals surface area contributed by atoms with E-state index in [1.807, 2.05) is 31.4 Å². The number of amides is 1. The first-order valence-corrected chi connectivity index (χ1v) is 7.27. The molecule has 0 saturated carbocycles. The molecule has 3 nitrogen and oxygen atoms in total. The predicted molar refractivity (Wildman–Crippen MR) is 79.7 cm³/mol. The number of carbonyl (C=O) groups excluding carboxylic acids is 1. The van der Waals surface area contributed by atoms with Crippen molar-refractivity contribution >= 4 is 22.9 Å². The third-order valence-electron chi connectivity index (χ3n) is 2.98. The molecule has 1 aromatic carbocycles. The summed E-state index contributed by atoms with van der Waals surface area (Å²) >= 11 is 1.53. The topological polar surface area (TPSA) is 42.0 Å². The molecule has 2 rings (SSSR count). The average molecular weight is 274 g/mol. The van der Waals surface area contributed by atoms with Crippen molar-refractivity contribution in [2.75, 3.05) is 5.32 Å². The fraction of sp³-hybridized carbons (Fsp3) is 0.333. The molecule has 0 radical (unpaired) electrons. The Morgan fingerprint density at radius 1 is 1.37 bits per heavy atom. The molecule has 0 saturated heterocycles. The zero-order valence-electron chi connectivity index (χ0n) is 11.5. The Balaban J connectivity index is 2.11. The van der Waals surface area contributed by atoms with Crippen LogP contribution in [0.15, 0.2) is 23.6 Å². The quantitative estimate of drug-likeness (QED) is 0.927. The summed E-state index contributed by atoms with van der Waals surface area (Å²) < 4.78 is 0. The van der Waals surface area contributed by atoms with E-state index in [-0.39, 0.29) is 5.91 Å². The summed E-state index contributed by atoms with van der Waals surface area (Å²) in [4.78, 5) is 16.4. The minimum absolute atomic E-state index is 0.00153. The van der Waals surface area contributed by atoms with Crippen LogP contribution in [0, 0.1) is 13.8 Å². The molecule has 0 bridgehead atoms. The van der Waals surface area contributed by atoms with Crippen molar-refractivity contribution in [2.24, 2.45) is 0 Å². The van der Waals surface area contributed by atoms with Crippen LogP contribution in [0.4, 0.5) is 5.69 Å². The van der Waals surface area contributed by atoms with Gasteiger partial charge in [0.1, 0.15) is 5.01 Å². The first kappa shape index (κ1) is 13.7. The molecule has 0 aliphatic heterocycles.